The van der Waals surface area contributed by atoms with E-state index in [1.807, 2.05) is 55.5 Å². The molecule has 2 aromatic carbocycles. The van der Waals surface area contributed by atoms with Crippen LogP contribution < -0.4 is 0 Å². The number of fused-ring (bicyclic) bond motifs is 3. The molecule has 21 heavy (non-hydrogen) atoms. The predicted molar refractivity (Wildman–Crippen MR) is 82.8 cm³/mol. The number of rotatable bonds is 1. The quantitative estimate of drug-likeness (QED) is 0.577. The highest BCUT2D eigenvalue weighted by Gasteiger charge is 2.14. The summed E-state index contributed by atoms with van der Waals surface area (Å²) in [6.45, 7) is 1.98. The normalized spacial score (nSPS) is 11.3. The van der Waals surface area contributed by atoms with Gasteiger partial charge in [-0.1, -0.05) is 36.4 Å². The highest BCUT2D eigenvalue weighted by Crippen LogP contribution is 2.31. The van der Waals surface area contributed by atoms with Gasteiger partial charge >= 0.3 is 0 Å². The highest BCUT2D eigenvalue weighted by molar-refractivity contribution is 6.07. The number of aromatic hydroxyl groups is 1. The number of pyridine rings is 1. The van der Waals surface area contributed by atoms with Crippen LogP contribution in [0.3, 0.4) is 0 Å². The maximum Gasteiger partial charge on any atom is 0.223 e. The first kappa shape index (κ1) is 11.9. The molecule has 4 rings (SSSR count). The SMILES string of the molecule is Cc1ccc(-n2nc3c(ccc4ccccc43)c2O)nc1. The molecule has 0 aliphatic heterocycles. The Bertz CT molecular complexity index is 955. The summed E-state index contributed by atoms with van der Waals surface area (Å²) in [5, 5.41) is 17.8. The van der Waals surface area contributed by atoms with Crippen molar-refractivity contribution >= 4 is 21.7 Å². The topological polar surface area (TPSA) is 50.9 Å². The lowest BCUT2D eigenvalue weighted by Gasteiger charge is -2.01. The first-order valence-electron chi connectivity index (χ1n) is 6.76. The zero-order valence-electron chi connectivity index (χ0n) is 11.5. The largest absolute Gasteiger partial charge is 0.493 e. The summed E-state index contributed by atoms with van der Waals surface area (Å²) in [6.07, 6.45) is 1.76. The van der Waals surface area contributed by atoms with Crippen LogP contribution in [0.4, 0.5) is 0 Å². The molecule has 0 spiro atoms. The molecule has 4 aromatic rings. The van der Waals surface area contributed by atoms with E-state index in [1.54, 1.807) is 6.20 Å². The van der Waals surface area contributed by atoms with Crippen LogP contribution >= 0.6 is 0 Å². The van der Waals surface area contributed by atoms with Crippen LogP contribution in [-0.2, 0) is 0 Å². The van der Waals surface area contributed by atoms with Crippen LogP contribution in [0.5, 0.6) is 5.88 Å². The lowest BCUT2D eigenvalue weighted by atomic mass is 10.1. The van der Waals surface area contributed by atoms with Gasteiger partial charge in [0.05, 0.1) is 5.39 Å². The average molecular weight is 275 g/mol. The van der Waals surface area contributed by atoms with E-state index in [0.29, 0.717) is 5.82 Å². The van der Waals surface area contributed by atoms with Crippen molar-refractivity contribution in [3.05, 3.63) is 60.3 Å². The van der Waals surface area contributed by atoms with Crippen molar-refractivity contribution in [2.24, 2.45) is 0 Å². The van der Waals surface area contributed by atoms with Gasteiger partial charge in [-0.15, -0.1) is 0 Å². The van der Waals surface area contributed by atoms with Crippen molar-refractivity contribution in [2.75, 3.05) is 0 Å². The molecule has 0 aliphatic rings. The second kappa shape index (κ2) is 4.31. The Morgan fingerprint density at radius 1 is 0.952 bits per heavy atom. The van der Waals surface area contributed by atoms with Crippen molar-refractivity contribution in [2.45, 2.75) is 6.92 Å². The van der Waals surface area contributed by atoms with E-state index in [2.05, 4.69) is 10.1 Å². The summed E-state index contributed by atoms with van der Waals surface area (Å²) in [5.41, 5.74) is 1.85. The van der Waals surface area contributed by atoms with Gasteiger partial charge in [-0.05, 0) is 30.0 Å². The van der Waals surface area contributed by atoms with E-state index in [4.69, 9.17) is 0 Å². The van der Waals surface area contributed by atoms with Crippen LogP contribution in [0.2, 0.25) is 0 Å². The molecule has 4 heteroatoms. The lowest BCUT2D eigenvalue weighted by molar-refractivity contribution is 0.437. The Hall–Kier alpha value is -2.88. The molecule has 2 aromatic heterocycles. The van der Waals surface area contributed by atoms with Crippen molar-refractivity contribution in [3.8, 4) is 11.7 Å². The third kappa shape index (κ3) is 1.76. The van der Waals surface area contributed by atoms with Crippen LogP contribution in [0.15, 0.2) is 54.7 Å². The maximum atomic E-state index is 10.4. The van der Waals surface area contributed by atoms with E-state index in [9.17, 15) is 5.11 Å². The van der Waals surface area contributed by atoms with Gasteiger partial charge < -0.3 is 5.11 Å². The molecule has 0 aliphatic carbocycles. The van der Waals surface area contributed by atoms with Crippen molar-refractivity contribution in [3.63, 3.8) is 0 Å². The smallest absolute Gasteiger partial charge is 0.223 e. The second-order valence-electron chi connectivity index (χ2n) is 5.11. The van der Waals surface area contributed by atoms with E-state index in [-0.39, 0.29) is 5.88 Å². The standard InChI is InChI=1S/C17H13N3O/c1-11-6-9-15(18-10-11)20-17(21)14-8-7-12-4-2-3-5-13(12)16(14)19-20/h2-10,21H,1H3. The number of aryl methyl sites for hydroxylation is 1. The average Bonchev–Trinajstić information content (AvgIpc) is 2.86. The molecule has 1 N–H and O–H groups in total. The predicted octanol–water partition coefficient (Wildman–Crippen LogP) is 3.59. The van der Waals surface area contributed by atoms with Gasteiger partial charge in [-0.2, -0.15) is 9.78 Å². The molecule has 0 bridgehead atoms. The molecule has 0 fully saturated rings. The monoisotopic (exact) mass is 275 g/mol. The van der Waals surface area contributed by atoms with Gasteiger partial charge in [0.1, 0.15) is 5.52 Å². The third-order valence-electron chi connectivity index (χ3n) is 3.65. The van der Waals surface area contributed by atoms with Crippen LogP contribution in [-0.4, -0.2) is 19.9 Å². The van der Waals surface area contributed by atoms with E-state index in [0.717, 1.165) is 27.2 Å². The van der Waals surface area contributed by atoms with Gasteiger partial charge in [0.25, 0.3) is 0 Å². The zero-order valence-corrected chi connectivity index (χ0v) is 11.5. The first-order chi connectivity index (χ1) is 10.2. The van der Waals surface area contributed by atoms with E-state index >= 15 is 0 Å². The Morgan fingerprint density at radius 2 is 1.81 bits per heavy atom. The van der Waals surface area contributed by atoms with Crippen LogP contribution in [0.1, 0.15) is 5.56 Å². The summed E-state index contributed by atoms with van der Waals surface area (Å²) < 4.78 is 1.48. The van der Waals surface area contributed by atoms with Crippen molar-refractivity contribution < 1.29 is 5.11 Å². The van der Waals surface area contributed by atoms with E-state index in [1.165, 1.54) is 4.68 Å². The summed E-state index contributed by atoms with van der Waals surface area (Å²) in [7, 11) is 0. The Balaban J connectivity index is 2.05. The minimum atomic E-state index is 0.118. The molecule has 0 unspecified atom stereocenters. The molecule has 0 saturated carbocycles. The lowest BCUT2D eigenvalue weighted by Crippen LogP contribution is -1.98. The molecule has 2 heterocycles. The number of benzene rings is 2. The molecule has 4 nitrogen and oxygen atoms in total. The van der Waals surface area contributed by atoms with Crippen LogP contribution in [0.25, 0.3) is 27.5 Å². The van der Waals surface area contributed by atoms with Crippen LogP contribution in [0, 0.1) is 6.92 Å². The van der Waals surface area contributed by atoms with Gasteiger partial charge in [0.2, 0.25) is 5.88 Å². The molecule has 0 amide bonds. The minimum absolute atomic E-state index is 0.118. The van der Waals surface area contributed by atoms with Gasteiger partial charge in [-0.25, -0.2) is 4.98 Å². The van der Waals surface area contributed by atoms with Gasteiger partial charge in [0.15, 0.2) is 5.82 Å². The Labute approximate surface area is 121 Å². The molecule has 0 atom stereocenters. The van der Waals surface area contributed by atoms with Crippen molar-refractivity contribution in [1.82, 2.24) is 14.8 Å². The number of hydrogen-bond donors (Lipinski definition) is 1. The Morgan fingerprint density at radius 3 is 2.62 bits per heavy atom. The van der Waals surface area contributed by atoms with Gasteiger partial charge in [0, 0.05) is 11.6 Å². The van der Waals surface area contributed by atoms with Crippen molar-refractivity contribution in [1.29, 1.82) is 0 Å². The fourth-order valence-corrected chi connectivity index (χ4v) is 2.55. The molecule has 0 radical (unpaired) electrons. The summed E-state index contributed by atoms with van der Waals surface area (Å²) in [4.78, 5) is 4.33. The second-order valence-corrected chi connectivity index (χ2v) is 5.11. The minimum Gasteiger partial charge on any atom is -0.493 e. The first-order valence-corrected chi connectivity index (χ1v) is 6.76. The number of hydrogen-bond acceptors (Lipinski definition) is 3. The molecule has 0 saturated heterocycles. The Kier molecular flexibility index (Phi) is 2.44. The fourth-order valence-electron chi connectivity index (χ4n) is 2.55. The number of nitrogens with zero attached hydrogens (tertiary/aromatic N) is 3. The summed E-state index contributed by atoms with van der Waals surface area (Å²) in [6, 6.07) is 15.7. The summed E-state index contributed by atoms with van der Waals surface area (Å²) >= 11 is 0. The molecular formula is C17H13N3O. The third-order valence-corrected chi connectivity index (χ3v) is 3.65. The molecular weight excluding hydrogens is 262 g/mol. The highest BCUT2D eigenvalue weighted by atomic mass is 16.3. The molecule has 102 valence electrons. The maximum absolute atomic E-state index is 10.4. The number of aromatic nitrogens is 3. The summed E-state index contributed by atoms with van der Waals surface area (Å²) in [5.74, 6) is 0.727. The fraction of sp³-hybridized carbons (Fsp3) is 0.0588. The van der Waals surface area contributed by atoms with E-state index < -0.39 is 0 Å². The van der Waals surface area contributed by atoms with Gasteiger partial charge in [-0.3, -0.25) is 0 Å². The zero-order chi connectivity index (χ0) is 14.4.